The molecule has 0 saturated carbocycles. The van der Waals surface area contributed by atoms with Crippen molar-refractivity contribution >= 4 is 18.9 Å². The molecule has 0 aliphatic carbocycles. The number of hydrogen-bond acceptors (Lipinski definition) is 7. The highest BCUT2D eigenvalue weighted by Crippen LogP contribution is 2.47. The van der Waals surface area contributed by atoms with Crippen molar-refractivity contribution in [2.75, 3.05) is 13.2 Å². The molecule has 1 rings (SSSR count). The maximum atomic E-state index is 12.0. The van der Waals surface area contributed by atoms with Gasteiger partial charge < -0.3 is 19.2 Å². The Balaban J connectivity index is 3.01. The van der Waals surface area contributed by atoms with E-state index in [1.807, 2.05) is 0 Å². The molecule has 0 N–H and O–H groups in total. The van der Waals surface area contributed by atoms with Crippen molar-refractivity contribution in [3.05, 3.63) is 16.2 Å². The summed E-state index contributed by atoms with van der Waals surface area (Å²) in [6.45, 7) is 3.50. The summed E-state index contributed by atoms with van der Waals surface area (Å²) >= 11 is 0. The first-order valence-corrected chi connectivity index (χ1v) is 6.08. The van der Waals surface area contributed by atoms with Gasteiger partial charge in [0.1, 0.15) is 0 Å². The highest BCUT2D eigenvalue weighted by Gasteiger charge is 2.35. The van der Waals surface area contributed by atoms with Crippen molar-refractivity contribution in [1.29, 1.82) is 0 Å². The standard InChI is InChI=1S/C7H11N2O6P/c1-3-13-16(12,14-4-2)7-5-6(8-15-7)9(10)11/h5H,3-4H2,1-2H3. The molecule has 8 nitrogen and oxygen atoms in total. The fourth-order valence-corrected chi connectivity index (χ4v) is 2.40. The summed E-state index contributed by atoms with van der Waals surface area (Å²) in [5.41, 5.74) is -0.261. The van der Waals surface area contributed by atoms with Gasteiger partial charge in [0, 0.05) is 0 Å². The fraction of sp³-hybridized carbons (Fsp3) is 0.571. The van der Waals surface area contributed by atoms with Crippen molar-refractivity contribution in [3.8, 4) is 0 Å². The topological polar surface area (TPSA) is 105 Å². The molecular formula is C7H11N2O6P. The van der Waals surface area contributed by atoms with Gasteiger partial charge in [0.15, 0.2) is 5.16 Å². The van der Waals surface area contributed by atoms with Crippen LogP contribution in [-0.4, -0.2) is 23.3 Å². The van der Waals surface area contributed by atoms with Gasteiger partial charge in [0.05, 0.1) is 19.3 Å². The summed E-state index contributed by atoms with van der Waals surface area (Å²) in [5.74, 6) is -0.533. The largest absolute Gasteiger partial charge is 0.414 e. The van der Waals surface area contributed by atoms with Crippen molar-refractivity contribution in [3.63, 3.8) is 0 Å². The third-order valence-corrected chi connectivity index (χ3v) is 3.49. The summed E-state index contributed by atoms with van der Waals surface area (Å²) in [4.78, 5) is 9.61. The molecule has 0 aliphatic rings. The van der Waals surface area contributed by atoms with Gasteiger partial charge >= 0.3 is 13.4 Å². The lowest BCUT2D eigenvalue weighted by atomic mass is 10.7. The number of rotatable bonds is 6. The average Bonchev–Trinajstić information content (AvgIpc) is 2.67. The second-order valence-corrected chi connectivity index (χ2v) is 4.57. The van der Waals surface area contributed by atoms with E-state index in [0.717, 1.165) is 6.07 Å². The van der Waals surface area contributed by atoms with Crippen LogP contribution in [0.5, 0.6) is 0 Å². The van der Waals surface area contributed by atoms with Gasteiger partial charge in [-0.1, -0.05) is 0 Å². The third-order valence-electron chi connectivity index (χ3n) is 1.54. The first-order chi connectivity index (χ1) is 7.53. The van der Waals surface area contributed by atoms with E-state index in [1.165, 1.54) is 0 Å². The van der Waals surface area contributed by atoms with Gasteiger partial charge in [0.25, 0.3) is 5.50 Å². The second kappa shape index (κ2) is 5.20. The van der Waals surface area contributed by atoms with Gasteiger partial charge in [-0.05, 0) is 18.8 Å². The molecule has 0 aromatic carbocycles. The SMILES string of the molecule is CCOP(=O)(OCC)c1cc([N+](=O)[O-])no1. The van der Waals surface area contributed by atoms with Gasteiger partial charge in [-0.3, -0.25) is 4.57 Å². The quantitative estimate of drug-likeness (QED) is 0.427. The molecule has 0 spiro atoms. The molecule has 0 bridgehead atoms. The Morgan fingerprint density at radius 2 is 2.06 bits per heavy atom. The van der Waals surface area contributed by atoms with Crippen molar-refractivity contribution in [2.45, 2.75) is 13.8 Å². The minimum absolute atomic E-state index is 0.131. The van der Waals surface area contributed by atoms with Gasteiger partial charge in [-0.25, -0.2) is 4.52 Å². The Hall–Kier alpha value is -1.24. The van der Waals surface area contributed by atoms with E-state index in [0.29, 0.717) is 0 Å². The molecule has 16 heavy (non-hydrogen) atoms. The molecule has 1 aromatic heterocycles. The van der Waals surface area contributed by atoms with Crippen LogP contribution in [0.4, 0.5) is 5.82 Å². The fourth-order valence-electron chi connectivity index (χ4n) is 0.976. The first kappa shape index (κ1) is 12.8. The number of nitrogens with zero attached hydrogens (tertiary/aromatic N) is 2. The van der Waals surface area contributed by atoms with E-state index in [4.69, 9.17) is 9.05 Å². The molecule has 0 saturated heterocycles. The molecular weight excluding hydrogens is 239 g/mol. The molecule has 0 unspecified atom stereocenters. The van der Waals surface area contributed by atoms with E-state index in [9.17, 15) is 14.7 Å². The van der Waals surface area contributed by atoms with Crippen molar-refractivity contribution in [2.24, 2.45) is 0 Å². The van der Waals surface area contributed by atoms with Crippen LogP contribution in [0.15, 0.2) is 10.6 Å². The number of hydrogen-bond donors (Lipinski definition) is 0. The van der Waals surface area contributed by atoms with Crippen molar-refractivity contribution in [1.82, 2.24) is 5.16 Å². The van der Waals surface area contributed by atoms with E-state index in [1.54, 1.807) is 13.8 Å². The van der Waals surface area contributed by atoms with Gasteiger partial charge in [0.2, 0.25) is 0 Å². The molecule has 1 aromatic rings. The lowest BCUT2D eigenvalue weighted by Crippen LogP contribution is -2.08. The zero-order valence-corrected chi connectivity index (χ0v) is 9.68. The summed E-state index contributed by atoms with van der Waals surface area (Å²) in [5, 5.41) is 13.5. The van der Waals surface area contributed by atoms with Gasteiger partial charge in [-0.15, -0.1) is 0 Å². The number of nitro groups is 1. The van der Waals surface area contributed by atoms with E-state index in [2.05, 4.69) is 9.68 Å². The molecule has 1 heterocycles. The first-order valence-electron chi connectivity index (χ1n) is 4.54. The Morgan fingerprint density at radius 1 is 1.50 bits per heavy atom. The molecule has 0 fully saturated rings. The van der Waals surface area contributed by atoms with E-state index < -0.39 is 18.3 Å². The van der Waals surface area contributed by atoms with E-state index >= 15 is 0 Å². The summed E-state index contributed by atoms with van der Waals surface area (Å²) in [6, 6.07) is 0.937. The maximum Gasteiger partial charge on any atom is 0.414 e. The minimum Gasteiger partial charge on any atom is -0.358 e. The summed E-state index contributed by atoms with van der Waals surface area (Å²) in [6.07, 6.45) is 0. The molecule has 0 atom stereocenters. The van der Waals surface area contributed by atoms with Crippen LogP contribution in [0.3, 0.4) is 0 Å². The number of aromatic nitrogens is 1. The third kappa shape index (κ3) is 2.66. The Morgan fingerprint density at radius 3 is 2.44 bits per heavy atom. The molecule has 0 amide bonds. The Labute approximate surface area is 91.2 Å². The summed E-state index contributed by atoms with van der Waals surface area (Å²) in [7, 11) is -3.62. The predicted octanol–water partition coefficient (Wildman–Crippen LogP) is 1.47. The molecule has 90 valence electrons. The normalized spacial score (nSPS) is 11.6. The monoisotopic (exact) mass is 250 g/mol. The zero-order chi connectivity index (χ0) is 12.2. The highest BCUT2D eigenvalue weighted by molar-refractivity contribution is 7.61. The minimum atomic E-state index is -3.62. The van der Waals surface area contributed by atoms with E-state index in [-0.39, 0.29) is 18.7 Å². The zero-order valence-electron chi connectivity index (χ0n) is 8.78. The smallest absolute Gasteiger partial charge is 0.358 e. The van der Waals surface area contributed by atoms with Crippen LogP contribution in [0.2, 0.25) is 0 Å². The predicted molar refractivity (Wildman–Crippen MR) is 53.6 cm³/mol. The van der Waals surface area contributed by atoms with Gasteiger partial charge in [-0.2, -0.15) is 0 Å². The van der Waals surface area contributed by atoms with Crippen LogP contribution in [0, 0.1) is 10.1 Å². The van der Waals surface area contributed by atoms with Crippen LogP contribution < -0.4 is 5.50 Å². The lowest BCUT2D eigenvalue weighted by Gasteiger charge is -2.11. The Kier molecular flexibility index (Phi) is 4.17. The second-order valence-electron chi connectivity index (χ2n) is 2.61. The maximum absolute atomic E-state index is 12.0. The van der Waals surface area contributed by atoms with Crippen LogP contribution in [-0.2, 0) is 13.6 Å². The van der Waals surface area contributed by atoms with Crippen molar-refractivity contribution < 1.29 is 23.1 Å². The average molecular weight is 250 g/mol. The van der Waals surface area contributed by atoms with Crippen LogP contribution >= 0.6 is 7.60 Å². The summed E-state index contributed by atoms with van der Waals surface area (Å²) < 4.78 is 26.5. The Bertz CT molecular complexity index is 407. The molecule has 0 radical (unpaired) electrons. The molecule has 9 heteroatoms. The van der Waals surface area contributed by atoms with Crippen LogP contribution in [0.25, 0.3) is 0 Å². The highest BCUT2D eigenvalue weighted by atomic mass is 31.2. The lowest BCUT2D eigenvalue weighted by molar-refractivity contribution is -0.390. The van der Waals surface area contributed by atoms with Crippen LogP contribution in [0.1, 0.15) is 13.8 Å². The molecule has 0 aliphatic heterocycles.